The highest BCUT2D eigenvalue weighted by atomic mass is 32.2. The number of hydrogen-bond donors (Lipinski definition) is 2. The smallest absolute Gasteiger partial charge is 0.335 e. The second-order valence-corrected chi connectivity index (χ2v) is 8.89. The topological polar surface area (TPSA) is 118 Å². The zero-order valence-electron chi connectivity index (χ0n) is 11.0. The Morgan fingerprint density at radius 1 is 1.14 bits per heavy atom. The van der Waals surface area contributed by atoms with Gasteiger partial charge in [-0.3, -0.25) is 0 Å². The molecule has 1 aromatic rings. The molecule has 1 heterocycles. The lowest BCUT2D eigenvalue weighted by Crippen LogP contribution is -2.40. The molecule has 0 aromatic heterocycles. The van der Waals surface area contributed by atoms with Crippen LogP contribution in [-0.4, -0.2) is 45.5 Å². The quantitative estimate of drug-likeness (QED) is 0.815. The van der Waals surface area contributed by atoms with Crippen LogP contribution in [0.15, 0.2) is 29.2 Å². The Bertz CT molecular complexity index is 722. The number of hydrogen-bond acceptors (Lipinski definition) is 5. The van der Waals surface area contributed by atoms with E-state index in [-0.39, 0.29) is 34.8 Å². The summed E-state index contributed by atoms with van der Waals surface area (Å²) in [6.45, 7) is 0. The molecule has 2 rings (SSSR count). The van der Waals surface area contributed by atoms with Crippen molar-refractivity contribution in [2.24, 2.45) is 0 Å². The minimum absolute atomic E-state index is 0.00212. The molecule has 0 atom stereocenters. The molecule has 21 heavy (non-hydrogen) atoms. The van der Waals surface area contributed by atoms with Gasteiger partial charge in [-0.25, -0.2) is 26.4 Å². The number of carboxylic acids is 1. The lowest BCUT2D eigenvalue weighted by atomic mass is 10.2. The molecule has 1 aromatic carbocycles. The average Bonchev–Trinajstić information content (AvgIpc) is 2.41. The van der Waals surface area contributed by atoms with Crippen molar-refractivity contribution in [2.75, 3.05) is 11.5 Å². The fraction of sp³-hybridized carbons (Fsp3) is 0.417. The minimum atomic E-state index is -3.78. The molecule has 2 N–H and O–H groups in total. The van der Waals surface area contributed by atoms with Crippen LogP contribution >= 0.6 is 0 Å². The molecule has 0 radical (unpaired) electrons. The Labute approximate surface area is 123 Å². The van der Waals surface area contributed by atoms with Gasteiger partial charge in [-0.05, 0) is 37.1 Å². The van der Waals surface area contributed by atoms with E-state index in [0.29, 0.717) is 0 Å². The normalized spacial score (nSPS) is 19.2. The monoisotopic (exact) mass is 333 g/mol. The summed E-state index contributed by atoms with van der Waals surface area (Å²) in [5.74, 6) is -1.19. The fourth-order valence-corrected chi connectivity index (χ4v) is 4.87. The van der Waals surface area contributed by atoms with Gasteiger partial charge in [0.15, 0.2) is 0 Å². The first-order valence-electron chi connectivity index (χ1n) is 6.26. The first-order valence-corrected chi connectivity index (χ1v) is 9.56. The summed E-state index contributed by atoms with van der Waals surface area (Å²) in [6.07, 6.45) is 0.490. The third-order valence-electron chi connectivity index (χ3n) is 3.29. The highest BCUT2D eigenvalue weighted by molar-refractivity contribution is 7.91. The molecule has 1 aliphatic rings. The predicted octanol–water partition coefficient (Wildman–Crippen LogP) is 0.240. The van der Waals surface area contributed by atoms with Crippen LogP contribution in [0.1, 0.15) is 23.2 Å². The molecule has 7 nitrogen and oxygen atoms in total. The van der Waals surface area contributed by atoms with Gasteiger partial charge in [-0.15, -0.1) is 0 Å². The van der Waals surface area contributed by atoms with Crippen molar-refractivity contribution < 1.29 is 26.7 Å². The van der Waals surface area contributed by atoms with Gasteiger partial charge in [0.2, 0.25) is 10.0 Å². The molecule has 9 heteroatoms. The molecule has 0 amide bonds. The van der Waals surface area contributed by atoms with Crippen LogP contribution in [0.4, 0.5) is 0 Å². The average molecular weight is 333 g/mol. The number of nitrogens with one attached hydrogen (secondary N) is 1. The molecule has 0 saturated carbocycles. The van der Waals surface area contributed by atoms with E-state index in [4.69, 9.17) is 5.11 Å². The van der Waals surface area contributed by atoms with Gasteiger partial charge in [0.05, 0.1) is 22.0 Å². The predicted molar refractivity (Wildman–Crippen MR) is 75.4 cm³/mol. The number of sulfone groups is 1. The lowest BCUT2D eigenvalue weighted by molar-refractivity contribution is 0.0696. The number of sulfonamides is 1. The van der Waals surface area contributed by atoms with Crippen LogP contribution in [0.25, 0.3) is 0 Å². The van der Waals surface area contributed by atoms with Crippen molar-refractivity contribution in [1.29, 1.82) is 0 Å². The fourth-order valence-electron chi connectivity index (χ4n) is 2.07. The summed E-state index contributed by atoms with van der Waals surface area (Å²) in [7, 11) is -6.83. The summed E-state index contributed by atoms with van der Waals surface area (Å²) >= 11 is 0. The maximum Gasteiger partial charge on any atom is 0.335 e. The third kappa shape index (κ3) is 4.02. The molecule has 0 spiro atoms. The highest BCUT2D eigenvalue weighted by Crippen LogP contribution is 2.16. The Kier molecular flexibility index (Phi) is 4.35. The standard InChI is InChI=1S/C12H15NO6S2/c14-12(15)9-1-3-11(4-2-9)21(18,19)13-10-5-7-20(16,17)8-6-10/h1-4,10,13H,5-8H2,(H,14,15). The van der Waals surface area contributed by atoms with Crippen molar-refractivity contribution in [2.45, 2.75) is 23.8 Å². The molecule has 0 bridgehead atoms. The molecule has 0 unspecified atom stereocenters. The summed E-state index contributed by atoms with van der Waals surface area (Å²) in [6, 6.07) is 4.43. The Morgan fingerprint density at radius 3 is 2.14 bits per heavy atom. The van der Waals surface area contributed by atoms with Crippen molar-refractivity contribution in [3.8, 4) is 0 Å². The van der Waals surface area contributed by atoms with Crippen LogP contribution in [0.5, 0.6) is 0 Å². The number of benzene rings is 1. The summed E-state index contributed by atoms with van der Waals surface area (Å²) in [5.41, 5.74) is -0.00212. The number of rotatable bonds is 4. The van der Waals surface area contributed by atoms with Gasteiger partial charge < -0.3 is 5.11 Å². The number of carboxylic acid groups (broad SMARTS) is 1. The Hall–Kier alpha value is -1.45. The second kappa shape index (κ2) is 5.74. The largest absolute Gasteiger partial charge is 0.478 e. The Balaban J connectivity index is 2.10. The van der Waals surface area contributed by atoms with Crippen LogP contribution in [-0.2, 0) is 19.9 Å². The van der Waals surface area contributed by atoms with Crippen molar-refractivity contribution >= 4 is 25.8 Å². The number of aromatic carboxylic acids is 1. The second-order valence-electron chi connectivity index (χ2n) is 4.88. The molecular formula is C12H15NO6S2. The van der Waals surface area contributed by atoms with E-state index in [1.54, 1.807) is 0 Å². The Morgan fingerprint density at radius 2 is 1.67 bits per heavy atom. The summed E-state index contributed by atoms with van der Waals surface area (Å²) in [5, 5.41) is 8.77. The lowest BCUT2D eigenvalue weighted by Gasteiger charge is -2.22. The van der Waals surface area contributed by atoms with Gasteiger partial charge in [0, 0.05) is 6.04 Å². The molecular weight excluding hydrogens is 318 g/mol. The van der Waals surface area contributed by atoms with Crippen LogP contribution < -0.4 is 4.72 Å². The zero-order chi connectivity index (χ0) is 15.7. The van der Waals surface area contributed by atoms with Gasteiger partial charge >= 0.3 is 5.97 Å². The maximum atomic E-state index is 12.1. The first-order chi connectivity index (χ1) is 9.70. The van der Waals surface area contributed by atoms with E-state index < -0.39 is 31.9 Å². The molecule has 116 valence electrons. The molecule has 1 fully saturated rings. The SMILES string of the molecule is O=C(O)c1ccc(S(=O)(=O)NC2CCS(=O)(=O)CC2)cc1. The number of carbonyl (C=O) groups is 1. The van der Waals surface area contributed by atoms with Crippen molar-refractivity contribution in [1.82, 2.24) is 4.72 Å². The van der Waals surface area contributed by atoms with Crippen LogP contribution in [0.2, 0.25) is 0 Å². The van der Waals surface area contributed by atoms with E-state index in [0.717, 1.165) is 0 Å². The third-order valence-corrected chi connectivity index (χ3v) is 6.54. The van der Waals surface area contributed by atoms with Gasteiger partial charge in [0.1, 0.15) is 9.84 Å². The highest BCUT2D eigenvalue weighted by Gasteiger charge is 2.27. The van der Waals surface area contributed by atoms with Gasteiger partial charge in [0.25, 0.3) is 0 Å². The summed E-state index contributed by atoms with van der Waals surface area (Å²) in [4.78, 5) is 10.7. The van der Waals surface area contributed by atoms with E-state index in [1.165, 1.54) is 24.3 Å². The van der Waals surface area contributed by atoms with Crippen molar-refractivity contribution in [3.63, 3.8) is 0 Å². The van der Waals surface area contributed by atoms with Gasteiger partial charge in [-0.2, -0.15) is 0 Å². The minimum Gasteiger partial charge on any atom is -0.478 e. The maximum absolute atomic E-state index is 12.1. The summed E-state index contributed by atoms with van der Waals surface area (Å²) < 4.78 is 49.3. The van der Waals surface area contributed by atoms with Crippen LogP contribution in [0.3, 0.4) is 0 Å². The first kappa shape index (κ1) is 15.9. The van der Waals surface area contributed by atoms with Gasteiger partial charge in [-0.1, -0.05) is 0 Å². The van der Waals surface area contributed by atoms with Crippen molar-refractivity contribution in [3.05, 3.63) is 29.8 Å². The van der Waals surface area contributed by atoms with E-state index in [1.807, 2.05) is 0 Å². The van der Waals surface area contributed by atoms with E-state index >= 15 is 0 Å². The molecule has 1 aliphatic heterocycles. The van der Waals surface area contributed by atoms with E-state index in [2.05, 4.69) is 4.72 Å². The molecule has 0 aliphatic carbocycles. The van der Waals surface area contributed by atoms with Crippen LogP contribution in [0, 0.1) is 0 Å². The van der Waals surface area contributed by atoms with E-state index in [9.17, 15) is 21.6 Å². The zero-order valence-corrected chi connectivity index (χ0v) is 12.7. The molecule has 1 saturated heterocycles.